The number of nitrogens with zero attached hydrogens (tertiary/aromatic N) is 2. The number of fused-ring (bicyclic) bond motifs is 1. The van der Waals surface area contributed by atoms with Crippen molar-refractivity contribution in [3.63, 3.8) is 0 Å². The van der Waals surface area contributed by atoms with Crippen LogP contribution < -0.4 is 10.6 Å². The number of carbonyl (C=O) groups is 1. The minimum absolute atomic E-state index is 0.345. The molecule has 1 aromatic carbocycles. The van der Waals surface area contributed by atoms with Crippen LogP contribution in [-0.2, 0) is 17.8 Å². The molecule has 0 saturated carbocycles. The van der Waals surface area contributed by atoms with Crippen molar-refractivity contribution in [1.29, 1.82) is 0 Å². The normalized spacial score (nSPS) is 10.8. The molecule has 0 bridgehead atoms. The summed E-state index contributed by atoms with van der Waals surface area (Å²) in [5.74, 6) is 1.77. The van der Waals surface area contributed by atoms with E-state index in [2.05, 4.69) is 20.6 Å². The number of nitrogens with one attached hydrogen (secondary N) is 2. The van der Waals surface area contributed by atoms with Gasteiger partial charge in [0.1, 0.15) is 11.6 Å². The standard InChI is InChI=1S/C20H18N4O3S/c1-26-19(25)14-6-4-13(5-7-14)11-21-18-17-16(8-10-28-17)23-20(24-18)22-12-15-3-2-9-27-15/h2-10H,11-12H2,1H3,(H2,21,22,23,24). The fourth-order valence-electron chi connectivity index (χ4n) is 2.70. The van der Waals surface area contributed by atoms with E-state index in [9.17, 15) is 4.79 Å². The first kappa shape index (κ1) is 18.0. The lowest BCUT2D eigenvalue weighted by Crippen LogP contribution is -2.07. The molecular weight excluding hydrogens is 376 g/mol. The molecule has 28 heavy (non-hydrogen) atoms. The number of furan rings is 1. The summed E-state index contributed by atoms with van der Waals surface area (Å²) in [4.78, 5) is 20.7. The largest absolute Gasteiger partial charge is 0.467 e. The van der Waals surface area contributed by atoms with Gasteiger partial charge < -0.3 is 19.8 Å². The topological polar surface area (TPSA) is 89.3 Å². The van der Waals surface area contributed by atoms with E-state index in [1.54, 1.807) is 29.7 Å². The number of rotatable bonds is 7. The zero-order chi connectivity index (χ0) is 19.3. The van der Waals surface area contributed by atoms with E-state index in [-0.39, 0.29) is 5.97 Å². The van der Waals surface area contributed by atoms with Crippen LogP contribution in [0.1, 0.15) is 21.7 Å². The summed E-state index contributed by atoms with van der Waals surface area (Å²) >= 11 is 1.59. The van der Waals surface area contributed by atoms with Crippen molar-refractivity contribution in [2.45, 2.75) is 13.1 Å². The lowest BCUT2D eigenvalue weighted by atomic mass is 10.1. The van der Waals surface area contributed by atoms with Gasteiger partial charge in [-0.05, 0) is 41.3 Å². The van der Waals surface area contributed by atoms with E-state index in [4.69, 9.17) is 9.15 Å². The predicted octanol–water partition coefficient (Wildman–Crippen LogP) is 4.30. The van der Waals surface area contributed by atoms with Crippen molar-refractivity contribution in [3.8, 4) is 0 Å². The molecule has 3 heterocycles. The number of hydrogen-bond acceptors (Lipinski definition) is 8. The third-order valence-corrected chi connectivity index (χ3v) is 5.05. The molecule has 0 aliphatic heterocycles. The van der Waals surface area contributed by atoms with E-state index in [0.717, 1.165) is 27.4 Å². The van der Waals surface area contributed by atoms with Crippen LogP contribution in [0.2, 0.25) is 0 Å². The molecular formula is C20H18N4O3S. The van der Waals surface area contributed by atoms with Gasteiger partial charge in [0.25, 0.3) is 0 Å². The minimum Gasteiger partial charge on any atom is -0.467 e. The predicted molar refractivity (Wildman–Crippen MR) is 109 cm³/mol. The van der Waals surface area contributed by atoms with Crippen LogP contribution in [0.3, 0.4) is 0 Å². The summed E-state index contributed by atoms with van der Waals surface area (Å²) in [6.45, 7) is 1.08. The van der Waals surface area contributed by atoms with E-state index in [1.807, 2.05) is 35.7 Å². The third kappa shape index (κ3) is 3.96. The Hall–Kier alpha value is -3.39. The summed E-state index contributed by atoms with van der Waals surface area (Å²) < 4.78 is 11.1. The van der Waals surface area contributed by atoms with Gasteiger partial charge in [0.2, 0.25) is 5.95 Å². The lowest BCUT2D eigenvalue weighted by molar-refractivity contribution is 0.0600. The zero-order valence-corrected chi connectivity index (χ0v) is 16.0. The number of aromatic nitrogens is 2. The maximum absolute atomic E-state index is 11.5. The number of hydrogen-bond donors (Lipinski definition) is 2. The van der Waals surface area contributed by atoms with Crippen molar-refractivity contribution in [1.82, 2.24) is 9.97 Å². The van der Waals surface area contributed by atoms with E-state index < -0.39 is 0 Å². The Labute approximate surface area is 165 Å². The van der Waals surface area contributed by atoms with Crippen LogP contribution in [0.4, 0.5) is 11.8 Å². The fraction of sp³-hybridized carbons (Fsp3) is 0.150. The van der Waals surface area contributed by atoms with Crippen LogP contribution in [-0.4, -0.2) is 23.0 Å². The number of methoxy groups -OCH3 is 1. The second-order valence-corrected chi connectivity index (χ2v) is 6.92. The molecule has 0 unspecified atom stereocenters. The number of ether oxygens (including phenoxy) is 1. The maximum Gasteiger partial charge on any atom is 0.337 e. The smallest absolute Gasteiger partial charge is 0.337 e. The molecule has 0 atom stereocenters. The number of benzene rings is 1. The van der Waals surface area contributed by atoms with Gasteiger partial charge in [-0.3, -0.25) is 0 Å². The highest BCUT2D eigenvalue weighted by Crippen LogP contribution is 2.28. The monoisotopic (exact) mass is 394 g/mol. The Morgan fingerprint density at radius 3 is 2.71 bits per heavy atom. The van der Waals surface area contributed by atoms with Gasteiger partial charge in [0, 0.05) is 6.54 Å². The Bertz CT molecular complexity index is 1070. The molecule has 0 radical (unpaired) electrons. The average Bonchev–Trinajstić information content (AvgIpc) is 3.42. The molecule has 0 aliphatic rings. The molecule has 0 aliphatic carbocycles. The molecule has 142 valence electrons. The van der Waals surface area contributed by atoms with E-state index in [0.29, 0.717) is 24.6 Å². The van der Waals surface area contributed by atoms with Crippen LogP contribution in [0.15, 0.2) is 58.5 Å². The molecule has 3 aromatic heterocycles. The Morgan fingerprint density at radius 1 is 1.11 bits per heavy atom. The van der Waals surface area contributed by atoms with Gasteiger partial charge in [-0.25, -0.2) is 9.78 Å². The van der Waals surface area contributed by atoms with Crippen molar-refractivity contribution < 1.29 is 13.9 Å². The van der Waals surface area contributed by atoms with Gasteiger partial charge >= 0.3 is 5.97 Å². The van der Waals surface area contributed by atoms with Crippen LogP contribution in [0, 0.1) is 0 Å². The molecule has 4 rings (SSSR count). The molecule has 0 fully saturated rings. The summed E-state index contributed by atoms with van der Waals surface area (Å²) in [5.41, 5.74) is 2.44. The van der Waals surface area contributed by atoms with Crippen LogP contribution in [0.25, 0.3) is 10.2 Å². The van der Waals surface area contributed by atoms with E-state index in [1.165, 1.54) is 7.11 Å². The van der Waals surface area contributed by atoms with Crippen LogP contribution >= 0.6 is 11.3 Å². The average molecular weight is 394 g/mol. The zero-order valence-electron chi connectivity index (χ0n) is 15.1. The highest BCUT2D eigenvalue weighted by atomic mass is 32.1. The number of esters is 1. The summed E-state index contributed by atoms with van der Waals surface area (Å²) in [6, 6.07) is 13.0. The van der Waals surface area contributed by atoms with E-state index >= 15 is 0 Å². The highest BCUT2D eigenvalue weighted by molar-refractivity contribution is 7.17. The molecule has 0 amide bonds. The third-order valence-electron chi connectivity index (χ3n) is 4.14. The Balaban J connectivity index is 1.49. The van der Waals surface area contributed by atoms with Crippen LogP contribution in [0.5, 0.6) is 0 Å². The van der Waals surface area contributed by atoms with Gasteiger partial charge in [-0.15, -0.1) is 11.3 Å². The first-order valence-electron chi connectivity index (χ1n) is 8.65. The van der Waals surface area contributed by atoms with Gasteiger partial charge in [0.15, 0.2) is 0 Å². The first-order chi connectivity index (χ1) is 13.7. The maximum atomic E-state index is 11.5. The van der Waals surface area contributed by atoms with Crippen molar-refractivity contribution >= 4 is 39.3 Å². The van der Waals surface area contributed by atoms with Crippen molar-refractivity contribution in [3.05, 3.63) is 71.0 Å². The minimum atomic E-state index is -0.345. The summed E-state index contributed by atoms with van der Waals surface area (Å²) in [5, 5.41) is 8.55. The Morgan fingerprint density at radius 2 is 1.96 bits per heavy atom. The fourth-order valence-corrected chi connectivity index (χ4v) is 3.50. The van der Waals surface area contributed by atoms with Gasteiger partial charge in [-0.1, -0.05) is 12.1 Å². The molecule has 0 saturated heterocycles. The molecule has 0 spiro atoms. The summed E-state index contributed by atoms with van der Waals surface area (Å²) in [6.07, 6.45) is 1.64. The molecule has 4 aromatic rings. The number of anilines is 2. The number of thiophene rings is 1. The summed E-state index contributed by atoms with van der Waals surface area (Å²) in [7, 11) is 1.37. The first-order valence-corrected chi connectivity index (χ1v) is 9.53. The highest BCUT2D eigenvalue weighted by Gasteiger charge is 2.10. The van der Waals surface area contributed by atoms with Gasteiger partial charge in [-0.2, -0.15) is 4.98 Å². The van der Waals surface area contributed by atoms with Gasteiger partial charge in [0.05, 0.1) is 35.7 Å². The lowest BCUT2D eigenvalue weighted by Gasteiger charge is -2.10. The second kappa shape index (κ2) is 8.10. The number of carbonyl (C=O) groups excluding carboxylic acids is 1. The van der Waals surface area contributed by atoms with Crippen molar-refractivity contribution in [2.24, 2.45) is 0 Å². The SMILES string of the molecule is COC(=O)c1ccc(CNc2nc(NCc3ccco3)nc3ccsc23)cc1. The molecule has 8 heteroatoms. The quantitative estimate of drug-likeness (QED) is 0.452. The second-order valence-electron chi connectivity index (χ2n) is 6.01. The molecule has 7 nitrogen and oxygen atoms in total. The molecule has 2 N–H and O–H groups in total. The Kier molecular flexibility index (Phi) is 5.20. The van der Waals surface area contributed by atoms with Crippen molar-refractivity contribution in [2.75, 3.05) is 17.7 Å².